The van der Waals surface area contributed by atoms with Crippen LogP contribution < -0.4 is 4.74 Å². The zero-order valence-corrected chi connectivity index (χ0v) is 9.82. The maximum atomic E-state index is 10.3. The Morgan fingerprint density at radius 2 is 2.33 bits per heavy atom. The van der Waals surface area contributed by atoms with Gasteiger partial charge in [0.05, 0.1) is 13.5 Å². The lowest BCUT2D eigenvalue weighted by molar-refractivity contribution is -0.135. The molecule has 15 heavy (non-hydrogen) atoms. The number of carbonyl (C=O) groups is 1. The molecule has 1 rings (SSSR count). The Kier molecular flexibility index (Phi) is 4.37. The Bertz CT molecular complexity index is 385. The molecule has 3 nitrogen and oxygen atoms in total. The zero-order chi connectivity index (χ0) is 11.3. The van der Waals surface area contributed by atoms with E-state index >= 15 is 0 Å². The fourth-order valence-corrected chi connectivity index (χ4v) is 1.50. The molecule has 1 N–H and O–H groups in total. The molecule has 0 unspecified atom stereocenters. The van der Waals surface area contributed by atoms with Crippen LogP contribution in [0.2, 0.25) is 0 Å². The zero-order valence-electron chi connectivity index (χ0n) is 8.24. The van der Waals surface area contributed by atoms with E-state index in [0.717, 1.165) is 15.8 Å². The first kappa shape index (κ1) is 11.8. The molecule has 0 aromatic heterocycles. The van der Waals surface area contributed by atoms with Crippen molar-refractivity contribution in [3.05, 3.63) is 34.3 Å². The number of benzene rings is 1. The van der Waals surface area contributed by atoms with Crippen molar-refractivity contribution in [3.8, 4) is 5.75 Å². The first-order valence-electron chi connectivity index (χ1n) is 4.35. The minimum absolute atomic E-state index is 0.00959. The van der Waals surface area contributed by atoms with Crippen molar-refractivity contribution >= 4 is 28.0 Å². The number of halogens is 1. The summed E-state index contributed by atoms with van der Waals surface area (Å²) >= 11 is 3.34. The molecule has 1 aromatic carbocycles. The third-order valence-electron chi connectivity index (χ3n) is 1.78. The summed E-state index contributed by atoms with van der Waals surface area (Å²) in [4.78, 5) is 10.3. The lowest BCUT2D eigenvalue weighted by atomic mass is 10.2. The first-order chi connectivity index (χ1) is 7.13. The number of carboxylic acids is 1. The van der Waals surface area contributed by atoms with Crippen molar-refractivity contribution in [1.29, 1.82) is 0 Å². The van der Waals surface area contributed by atoms with Gasteiger partial charge in [-0.05, 0) is 18.2 Å². The van der Waals surface area contributed by atoms with Gasteiger partial charge in [-0.25, -0.2) is 0 Å². The third-order valence-corrected chi connectivity index (χ3v) is 2.27. The van der Waals surface area contributed by atoms with Crippen LogP contribution in [0.25, 0.3) is 6.08 Å². The lowest BCUT2D eigenvalue weighted by Crippen LogP contribution is -1.90. The number of hydrogen-bond acceptors (Lipinski definition) is 2. The number of ether oxygens (including phenoxy) is 1. The molecule has 0 spiro atoms. The molecule has 0 heterocycles. The predicted molar refractivity (Wildman–Crippen MR) is 62.0 cm³/mol. The largest absolute Gasteiger partial charge is 0.496 e. The van der Waals surface area contributed by atoms with Crippen molar-refractivity contribution in [2.45, 2.75) is 6.42 Å². The molecule has 0 atom stereocenters. The van der Waals surface area contributed by atoms with Crippen molar-refractivity contribution in [2.75, 3.05) is 7.11 Å². The van der Waals surface area contributed by atoms with Crippen molar-refractivity contribution in [3.63, 3.8) is 0 Å². The smallest absolute Gasteiger partial charge is 0.307 e. The van der Waals surface area contributed by atoms with Gasteiger partial charge in [0, 0.05) is 10.0 Å². The van der Waals surface area contributed by atoms with Gasteiger partial charge in [-0.15, -0.1) is 0 Å². The normalized spacial score (nSPS) is 10.5. The monoisotopic (exact) mass is 270 g/mol. The molecule has 0 bridgehead atoms. The second-order valence-corrected chi connectivity index (χ2v) is 3.80. The average molecular weight is 271 g/mol. The van der Waals surface area contributed by atoms with Crippen LogP contribution in [0.4, 0.5) is 0 Å². The van der Waals surface area contributed by atoms with Gasteiger partial charge < -0.3 is 9.84 Å². The van der Waals surface area contributed by atoms with E-state index in [1.54, 1.807) is 19.3 Å². The minimum atomic E-state index is -0.847. The molecule has 0 aliphatic carbocycles. The van der Waals surface area contributed by atoms with Gasteiger partial charge in [-0.1, -0.05) is 28.1 Å². The number of carboxylic acid groups (broad SMARTS) is 1. The van der Waals surface area contributed by atoms with Gasteiger partial charge in [0.2, 0.25) is 0 Å². The Morgan fingerprint density at radius 3 is 2.93 bits per heavy atom. The average Bonchev–Trinajstić information content (AvgIpc) is 2.17. The molecule has 0 fully saturated rings. The summed E-state index contributed by atoms with van der Waals surface area (Å²) in [5.41, 5.74) is 0.855. The Hall–Kier alpha value is -1.29. The van der Waals surface area contributed by atoms with Crippen molar-refractivity contribution in [1.82, 2.24) is 0 Å². The van der Waals surface area contributed by atoms with E-state index in [2.05, 4.69) is 15.9 Å². The van der Waals surface area contributed by atoms with Crippen LogP contribution in [0.5, 0.6) is 5.75 Å². The molecule has 0 radical (unpaired) electrons. The van der Waals surface area contributed by atoms with Crippen LogP contribution in [-0.2, 0) is 4.79 Å². The quantitative estimate of drug-likeness (QED) is 0.915. The Labute approximate surface area is 96.5 Å². The van der Waals surface area contributed by atoms with Crippen LogP contribution in [-0.4, -0.2) is 18.2 Å². The van der Waals surface area contributed by atoms with Crippen LogP contribution in [0.3, 0.4) is 0 Å². The van der Waals surface area contributed by atoms with E-state index < -0.39 is 5.97 Å². The number of aliphatic carboxylic acids is 1. The second kappa shape index (κ2) is 5.56. The highest BCUT2D eigenvalue weighted by molar-refractivity contribution is 9.10. The molecule has 0 amide bonds. The molecule has 0 aliphatic rings. The number of methoxy groups -OCH3 is 1. The summed E-state index contributed by atoms with van der Waals surface area (Å²) in [6, 6.07) is 5.56. The fourth-order valence-electron chi connectivity index (χ4n) is 1.12. The van der Waals surface area contributed by atoms with Gasteiger partial charge in [-0.3, -0.25) is 4.79 Å². The van der Waals surface area contributed by atoms with Crippen LogP contribution >= 0.6 is 15.9 Å². The first-order valence-corrected chi connectivity index (χ1v) is 5.14. The molecular formula is C11H11BrO3. The summed E-state index contributed by atoms with van der Waals surface area (Å²) in [7, 11) is 1.58. The maximum absolute atomic E-state index is 10.3. The van der Waals surface area contributed by atoms with E-state index in [0.29, 0.717) is 0 Å². The van der Waals surface area contributed by atoms with Crippen LogP contribution in [0.15, 0.2) is 28.7 Å². The van der Waals surface area contributed by atoms with E-state index in [-0.39, 0.29) is 6.42 Å². The summed E-state index contributed by atoms with van der Waals surface area (Å²) < 4.78 is 6.07. The summed E-state index contributed by atoms with van der Waals surface area (Å²) in [6.45, 7) is 0. The minimum Gasteiger partial charge on any atom is -0.496 e. The fraction of sp³-hybridized carbons (Fsp3) is 0.182. The summed E-state index contributed by atoms with van der Waals surface area (Å²) in [6.07, 6.45) is 3.33. The van der Waals surface area contributed by atoms with Gasteiger partial charge >= 0.3 is 5.97 Å². The topological polar surface area (TPSA) is 46.5 Å². The van der Waals surface area contributed by atoms with Gasteiger partial charge in [-0.2, -0.15) is 0 Å². The number of rotatable bonds is 4. The van der Waals surface area contributed by atoms with E-state index in [9.17, 15) is 4.79 Å². The summed E-state index contributed by atoms with van der Waals surface area (Å²) in [5, 5.41) is 8.48. The van der Waals surface area contributed by atoms with Gasteiger partial charge in [0.25, 0.3) is 0 Å². The standard InChI is InChI=1S/C11H11BrO3/c1-15-10-6-5-9(12)7-8(10)3-2-4-11(13)14/h2-3,5-7H,4H2,1H3,(H,13,14)/b3-2+. The SMILES string of the molecule is COc1ccc(Br)cc1/C=C/CC(=O)O. The van der Waals surface area contributed by atoms with E-state index in [1.807, 2.05) is 18.2 Å². The van der Waals surface area contributed by atoms with E-state index in [4.69, 9.17) is 9.84 Å². The molecule has 80 valence electrons. The molecule has 0 saturated heterocycles. The van der Waals surface area contributed by atoms with Gasteiger partial charge in [0.1, 0.15) is 5.75 Å². The van der Waals surface area contributed by atoms with Gasteiger partial charge in [0.15, 0.2) is 0 Å². The summed E-state index contributed by atoms with van der Waals surface area (Å²) in [5.74, 6) is -0.125. The number of hydrogen-bond donors (Lipinski definition) is 1. The predicted octanol–water partition coefficient (Wildman–Crippen LogP) is 2.95. The maximum Gasteiger partial charge on any atom is 0.307 e. The van der Waals surface area contributed by atoms with Crippen LogP contribution in [0, 0.1) is 0 Å². The third kappa shape index (κ3) is 3.75. The Balaban J connectivity index is 2.87. The van der Waals surface area contributed by atoms with Crippen molar-refractivity contribution in [2.24, 2.45) is 0 Å². The van der Waals surface area contributed by atoms with Crippen molar-refractivity contribution < 1.29 is 14.6 Å². The van der Waals surface area contributed by atoms with Crippen LogP contribution in [0.1, 0.15) is 12.0 Å². The second-order valence-electron chi connectivity index (χ2n) is 2.89. The molecule has 4 heteroatoms. The molecular weight excluding hydrogens is 260 g/mol. The highest BCUT2D eigenvalue weighted by Gasteiger charge is 2.00. The lowest BCUT2D eigenvalue weighted by Gasteiger charge is -2.04. The highest BCUT2D eigenvalue weighted by atomic mass is 79.9. The highest BCUT2D eigenvalue weighted by Crippen LogP contribution is 2.24. The Morgan fingerprint density at radius 1 is 1.60 bits per heavy atom. The van der Waals surface area contributed by atoms with E-state index in [1.165, 1.54) is 0 Å². The molecule has 0 aliphatic heterocycles. The molecule has 0 saturated carbocycles. The molecule has 1 aromatic rings.